The second kappa shape index (κ2) is 11.0. The number of primary amides is 1. The van der Waals surface area contributed by atoms with Gasteiger partial charge in [-0.05, 0) is 54.4 Å². The lowest BCUT2D eigenvalue weighted by atomic mass is 9.66. The number of hydrogen-bond acceptors (Lipinski definition) is 4. The van der Waals surface area contributed by atoms with E-state index in [1.54, 1.807) is 4.72 Å². The zero-order chi connectivity index (χ0) is 25.8. The van der Waals surface area contributed by atoms with Gasteiger partial charge in [-0.15, -0.1) is 0 Å². The van der Waals surface area contributed by atoms with Crippen LogP contribution < -0.4 is 10.5 Å². The van der Waals surface area contributed by atoms with Crippen molar-refractivity contribution in [3.05, 3.63) is 83.9 Å². The van der Waals surface area contributed by atoms with Gasteiger partial charge < -0.3 is 5.73 Å². The predicted octanol–water partition coefficient (Wildman–Crippen LogP) is 6.22. The van der Waals surface area contributed by atoms with E-state index in [4.69, 9.17) is 9.92 Å². The van der Waals surface area contributed by atoms with E-state index in [1.807, 2.05) is 36.4 Å². The standard InChI is InChI=1S/C29H36N2O4S/c1-3-4-5-8-17-24-20-25-26(35-36(33,34)31-28(30)32)18-19-29(25,21(2)22-13-9-6-10-14-22)27(24)23-15-11-7-12-16-23/h6-7,9-16,25-26H,2-5,8,17-20H2,1H3,(H3,30,31,32)/t25-,26+,29-/m0/s1. The molecule has 2 aliphatic rings. The molecule has 1 fully saturated rings. The van der Waals surface area contributed by atoms with Crippen LogP contribution in [0.3, 0.4) is 0 Å². The Balaban J connectivity index is 1.80. The van der Waals surface area contributed by atoms with Crippen LogP contribution in [0.2, 0.25) is 0 Å². The maximum atomic E-state index is 12.5. The fourth-order valence-electron chi connectivity index (χ4n) is 6.28. The number of unbranched alkanes of at least 4 members (excludes halogenated alkanes) is 3. The SMILES string of the molecule is C=C(c1ccccc1)[C@@]12CC[C@@H](OS(=O)(=O)NC(N)=O)[C@@H]1CC(CCCCCC)=C2c1ccccc1. The van der Waals surface area contributed by atoms with E-state index in [0.29, 0.717) is 12.8 Å². The summed E-state index contributed by atoms with van der Waals surface area (Å²) >= 11 is 0. The summed E-state index contributed by atoms with van der Waals surface area (Å²) in [4.78, 5) is 11.3. The fraction of sp³-hybridized carbons (Fsp3) is 0.414. The summed E-state index contributed by atoms with van der Waals surface area (Å²) in [6.07, 6.45) is 6.98. The van der Waals surface area contributed by atoms with Gasteiger partial charge in [0, 0.05) is 11.3 Å². The molecule has 0 aromatic heterocycles. The monoisotopic (exact) mass is 508 g/mol. The first-order chi connectivity index (χ1) is 17.3. The molecule has 6 nitrogen and oxygen atoms in total. The molecule has 0 heterocycles. The normalized spacial score (nSPS) is 23.5. The highest BCUT2D eigenvalue weighted by molar-refractivity contribution is 7.85. The van der Waals surface area contributed by atoms with Crippen molar-refractivity contribution < 1.29 is 17.4 Å². The maximum Gasteiger partial charge on any atom is 0.363 e. The minimum Gasteiger partial charge on any atom is -0.351 e. The van der Waals surface area contributed by atoms with Gasteiger partial charge in [0.2, 0.25) is 0 Å². The number of hydrogen-bond donors (Lipinski definition) is 2. The van der Waals surface area contributed by atoms with Crippen molar-refractivity contribution in [3.8, 4) is 0 Å². The summed E-state index contributed by atoms with van der Waals surface area (Å²) in [6.45, 7) is 6.82. The number of rotatable bonds is 11. The second-order valence-electron chi connectivity index (χ2n) is 9.88. The lowest BCUT2D eigenvalue weighted by Crippen LogP contribution is -2.39. The van der Waals surface area contributed by atoms with Crippen molar-refractivity contribution >= 4 is 27.5 Å². The topological polar surface area (TPSA) is 98.5 Å². The second-order valence-corrected chi connectivity index (χ2v) is 11.2. The zero-order valence-corrected chi connectivity index (χ0v) is 21.7. The first-order valence-corrected chi connectivity index (χ1v) is 14.2. The highest BCUT2D eigenvalue weighted by atomic mass is 32.2. The molecule has 2 amide bonds. The highest BCUT2D eigenvalue weighted by Gasteiger charge is 2.58. The van der Waals surface area contributed by atoms with Gasteiger partial charge >= 0.3 is 16.3 Å². The quantitative estimate of drug-likeness (QED) is 0.352. The number of nitrogens with two attached hydrogens (primary N) is 1. The van der Waals surface area contributed by atoms with Crippen molar-refractivity contribution in [2.24, 2.45) is 17.1 Å². The molecule has 0 bridgehead atoms. The molecule has 7 heteroatoms. The average Bonchev–Trinajstić information content (AvgIpc) is 3.36. The Morgan fingerprint density at radius 2 is 1.75 bits per heavy atom. The number of nitrogens with one attached hydrogen (secondary N) is 1. The number of urea groups is 1. The predicted molar refractivity (Wildman–Crippen MR) is 144 cm³/mol. The van der Waals surface area contributed by atoms with E-state index in [-0.39, 0.29) is 5.92 Å². The molecule has 4 rings (SSSR count). The number of amides is 2. The summed E-state index contributed by atoms with van der Waals surface area (Å²) in [5.74, 6) is -0.119. The summed E-state index contributed by atoms with van der Waals surface area (Å²) < 4.78 is 32.4. The fourth-order valence-corrected chi connectivity index (χ4v) is 7.13. The number of fused-ring (bicyclic) bond motifs is 1. The molecule has 36 heavy (non-hydrogen) atoms. The Bertz CT molecular complexity index is 1220. The van der Waals surface area contributed by atoms with Crippen LogP contribution in [-0.4, -0.2) is 20.6 Å². The van der Waals surface area contributed by atoms with Crippen LogP contribution in [0.5, 0.6) is 0 Å². The van der Waals surface area contributed by atoms with Gasteiger partial charge in [-0.25, -0.2) is 13.7 Å². The Hall–Kier alpha value is -2.90. The van der Waals surface area contributed by atoms with Gasteiger partial charge in [0.05, 0.1) is 6.10 Å². The number of carbonyl (C=O) groups excluding carboxylic acids is 1. The molecule has 0 unspecified atom stereocenters. The molecular weight excluding hydrogens is 472 g/mol. The van der Waals surface area contributed by atoms with Crippen LogP contribution in [-0.2, 0) is 14.5 Å². The van der Waals surface area contributed by atoms with Gasteiger partial charge in [-0.2, -0.15) is 8.42 Å². The van der Waals surface area contributed by atoms with Crippen LogP contribution in [0.25, 0.3) is 11.1 Å². The van der Waals surface area contributed by atoms with Gasteiger partial charge in [-0.3, -0.25) is 0 Å². The van der Waals surface area contributed by atoms with Crippen molar-refractivity contribution in [1.29, 1.82) is 0 Å². The first kappa shape index (κ1) is 26.2. The minimum absolute atomic E-state index is 0.119. The van der Waals surface area contributed by atoms with E-state index >= 15 is 0 Å². The van der Waals surface area contributed by atoms with Crippen LogP contribution in [0.4, 0.5) is 4.79 Å². The summed E-state index contributed by atoms with van der Waals surface area (Å²) in [5.41, 5.74) is 10.4. The Kier molecular flexibility index (Phi) is 8.00. The Labute approximate surface area is 214 Å². The van der Waals surface area contributed by atoms with E-state index in [0.717, 1.165) is 42.4 Å². The third-order valence-corrected chi connectivity index (χ3v) is 8.65. The summed E-state index contributed by atoms with van der Waals surface area (Å²) in [7, 11) is -4.32. The largest absolute Gasteiger partial charge is 0.363 e. The third-order valence-electron chi connectivity index (χ3n) is 7.70. The van der Waals surface area contributed by atoms with Gasteiger partial charge in [-0.1, -0.05) is 99.0 Å². The van der Waals surface area contributed by atoms with Crippen LogP contribution >= 0.6 is 0 Å². The number of allylic oxidation sites excluding steroid dienone is 3. The molecule has 192 valence electrons. The molecule has 1 saturated carbocycles. The van der Waals surface area contributed by atoms with E-state index < -0.39 is 27.9 Å². The molecule has 2 aliphatic carbocycles. The average molecular weight is 509 g/mol. The molecule has 0 radical (unpaired) electrons. The third kappa shape index (κ3) is 5.27. The number of benzene rings is 2. The minimum atomic E-state index is -4.32. The molecule has 3 atom stereocenters. The molecule has 0 spiro atoms. The summed E-state index contributed by atoms with van der Waals surface area (Å²) in [5, 5.41) is 0. The Morgan fingerprint density at radius 3 is 2.39 bits per heavy atom. The molecule has 2 aromatic rings. The van der Waals surface area contributed by atoms with Crippen molar-refractivity contribution in [3.63, 3.8) is 0 Å². The van der Waals surface area contributed by atoms with Crippen molar-refractivity contribution in [2.45, 2.75) is 64.4 Å². The highest BCUT2D eigenvalue weighted by Crippen LogP contribution is 2.66. The van der Waals surface area contributed by atoms with E-state index in [9.17, 15) is 13.2 Å². The smallest absolute Gasteiger partial charge is 0.351 e. The summed E-state index contributed by atoms with van der Waals surface area (Å²) in [6, 6.07) is 19.4. The maximum absolute atomic E-state index is 12.5. The van der Waals surface area contributed by atoms with Gasteiger partial charge in [0.15, 0.2) is 0 Å². The zero-order valence-electron chi connectivity index (χ0n) is 20.9. The first-order valence-electron chi connectivity index (χ1n) is 12.8. The van der Waals surface area contributed by atoms with E-state index in [2.05, 4.69) is 37.8 Å². The lowest BCUT2D eigenvalue weighted by molar-refractivity contribution is 0.149. The van der Waals surface area contributed by atoms with Crippen LogP contribution in [0, 0.1) is 11.3 Å². The molecule has 2 aromatic carbocycles. The van der Waals surface area contributed by atoms with Gasteiger partial charge in [0.25, 0.3) is 0 Å². The molecule has 3 N–H and O–H groups in total. The van der Waals surface area contributed by atoms with Crippen LogP contribution in [0.15, 0.2) is 72.8 Å². The van der Waals surface area contributed by atoms with Gasteiger partial charge in [0.1, 0.15) is 0 Å². The molecule has 0 saturated heterocycles. The van der Waals surface area contributed by atoms with Crippen LogP contribution in [0.1, 0.15) is 69.4 Å². The van der Waals surface area contributed by atoms with Crippen molar-refractivity contribution in [1.82, 2.24) is 4.72 Å². The number of carbonyl (C=O) groups is 1. The Morgan fingerprint density at radius 1 is 1.08 bits per heavy atom. The van der Waals surface area contributed by atoms with Crippen molar-refractivity contribution in [2.75, 3.05) is 0 Å². The van der Waals surface area contributed by atoms with E-state index in [1.165, 1.54) is 24.0 Å². The lowest BCUT2D eigenvalue weighted by Gasteiger charge is -2.37. The molecule has 0 aliphatic heterocycles. The molecular formula is C29H36N2O4S.